The second-order valence-corrected chi connectivity index (χ2v) is 5.57. The Hall–Kier alpha value is -1.46. The van der Waals surface area contributed by atoms with E-state index in [2.05, 4.69) is 10.6 Å². The summed E-state index contributed by atoms with van der Waals surface area (Å²) in [7, 11) is 1.58. The van der Waals surface area contributed by atoms with Crippen LogP contribution < -0.4 is 15.4 Å². The number of aliphatic hydroxyl groups excluding tert-OH is 1. The molecule has 1 amide bonds. The highest BCUT2D eigenvalue weighted by Gasteiger charge is 2.10. The zero-order valence-corrected chi connectivity index (χ0v) is 13.4. The molecule has 0 aliphatic heterocycles. The Bertz CT molecular complexity index is 466. The number of hydrogen-bond donors (Lipinski definition) is 3. The molecule has 0 saturated carbocycles. The molecule has 0 heterocycles. The summed E-state index contributed by atoms with van der Waals surface area (Å²) in [6.07, 6.45) is -0.213. The van der Waals surface area contributed by atoms with E-state index in [1.807, 2.05) is 13.8 Å². The first-order valence-electron chi connectivity index (χ1n) is 6.96. The summed E-state index contributed by atoms with van der Waals surface area (Å²) in [5.41, 5.74) is 0.750. The van der Waals surface area contributed by atoms with Gasteiger partial charge in [0.2, 0.25) is 5.91 Å². The number of rotatable bonds is 8. The molecule has 0 spiro atoms. The third kappa shape index (κ3) is 6.23. The lowest BCUT2D eigenvalue weighted by Crippen LogP contribution is -2.35. The van der Waals surface area contributed by atoms with Crippen LogP contribution in [0.3, 0.4) is 0 Å². The van der Waals surface area contributed by atoms with E-state index in [4.69, 9.17) is 16.3 Å². The monoisotopic (exact) mass is 314 g/mol. The van der Waals surface area contributed by atoms with Crippen LogP contribution in [0, 0.1) is 5.92 Å². The molecular formula is C15H23ClN2O3. The number of amides is 1. The summed E-state index contributed by atoms with van der Waals surface area (Å²) in [5.74, 6) is 0.692. The van der Waals surface area contributed by atoms with Crippen molar-refractivity contribution in [1.82, 2.24) is 5.32 Å². The fourth-order valence-corrected chi connectivity index (χ4v) is 1.84. The lowest BCUT2D eigenvalue weighted by atomic mass is 10.1. The Labute approximate surface area is 130 Å². The van der Waals surface area contributed by atoms with Crippen LogP contribution in [0.4, 0.5) is 5.69 Å². The first kappa shape index (κ1) is 17.6. The van der Waals surface area contributed by atoms with Gasteiger partial charge in [0, 0.05) is 24.5 Å². The van der Waals surface area contributed by atoms with Gasteiger partial charge in [-0.05, 0) is 24.1 Å². The smallest absolute Gasteiger partial charge is 0.221 e. The Morgan fingerprint density at radius 3 is 2.76 bits per heavy atom. The lowest BCUT2D eigenvalue weighted by molar-refractivity contribution is -0.121. The second-order valence-electron chi connectivity index (χ2n) is 5.14. The Morgan fingerprint density at radius 2 is 2.14 bits per heavy atom. The number of halogens is 1. The van der Waals surface area contributed by atoms with Crippen molar-refractivity contribution in [2.75, 3.05) is 25.5 Å². The van der Waals surface area contributed by atoms with E-state index >= 15 is 0 Å². The van der Waals surface area contributed by atoms with Crippen molar-refractivity contribution < 1.29 is 14.6 Å². The molecule has 0 radical (unpaired) electrons. The van der Waals surface area contributed by atoms with Gasteiger partial charge in [0.05, 0.1) is 18.9 Å². The molecule has 3 N–H and O–H groups in total. The van der Waals surface area contributed by atoms with E-state index in [0.717, 1.165) is 5.69 Å². The molecule has 1 unspecified atom stereocenters. The summed E-state index contributed by atoms with van der Waals surface area (Å²) in [6.45, 7) is 4.55. The van der Waals surface area contributed by atoms with Crippen molar-refractivity contribution in [1.29, 1.82) is 0 Å². The Kier molecular flexibility index (Phi) is 7.32. The number of carbonyl (C=O) groups is 1. The molecule has 1 rings (SSSR count). The van der Waals surface area contributed by atoms with Crippen molar-refractivity contribution >= 4 is 23.2 Å². The first-order chi connectivity index (χ1) is 9.93. The topological polar surface area (TPSA) is 70.6 Å². The number of benzene rings is 1. The molecule has 1 atom stereocenters. The third-order valence-electron chi connectivity index (χ3n) is 3.11. The molecule has 0 aromatic heterocycles. The molecule has 5 nitrogen and oxygen atoms in total. The highest BCUT2D eigenvalue weighted by Crippen LogP contribution is 2.27. The van der Waals surface area contributed by atoms with E-state index in [9.17, 15) is 9.90 Å². The molecule has 6 heteroatoms. The highest BCUT2D eigenvalue weighted by atomic mass is 35.5. The van der Waals surface area contributed by atoms with Crippen LogP contribution >= 0.6 is 11.6 Å². The number of nitrogens with one attached hydrogen (secondary N) is 2. The fraction of sp³-hybridized carbons (Fsp3) is 0.533. The standard InChI is InChI=1S/C15H23ClN2O3/c1-10(2)13(19)9-18-15(20)6-7-17-12-8-11(16)4-5-14(12)21-3/h4-5,8,10,13,17,19H,6-7,9H2,1-3H3,(H,18,20). The van der Waals surface area contributed by atoms with E-state index in [1.54, 1.807) is 25.3 Å². The number of ether oxygens (including phenoxy) is 1. The summed E-state index contributed by atoms with van der Waals surface area (Å²) >= 11 is 5.93. The van der Waals surface area contributed by atoms with Gasteiger partial charge in [-0.2, -0.15) is 0 Å². The molecule has 0 aliphatic rings. The number of methoxy groups -OCH3 is 1. The van der Waals surface area contributed by atoms with Crippen molar-refractivity contribution in [2.45, 2.75) is 26.4 Å². The number of hydrogen-bond acceptors (Lipinski definition) is 4. The summed E-state index contributed by atoms with van der Waals surface area (Å²) < 4.78 is 5.21. The Morgan fingerprint density at radius 1 is 1.43 bits per heavy atom. The summed E-state index contributed by atoms with van der Waals surface area (Å²) in [6, 6.07) is 5.26. The second kappa shape index (κ2) is 8.74. The maximum atomic E-state index is 11.7. The summed E-state index contributed by atoms with van der Waals surface area (Å²) in [5, 5.41) is 16.0. The molecule has 0 bridgehead atoms. The number of anilines is 1. The predicted molar refractivity (Wildman–Crippen MR) is 85.0 cm³/mol. The van der Waals surface area contributed by atoms with Crippen molar-refractivity contribution in [3.8, 4) is 5.75 Å². The van der Waals surface area contributed by atoms with Crippen LogP contribution in [-0.2, 0) is 4.79 Å². The van der Waals surface area contributed by atoms with Gasteiger partial charge in [-0.25, -0.2) is 0 Å². The zero-order chi connectivity index (χ0) is 15.8. The fourth-order valence-electron chi connectivity index (χ4n) is 1.67. The minimum atomic E-state index is -0.519. The van der Waals surface area contributed by atoms with Gasteiger partial charge in [0.25, 0.3) is 0 Å². The van der Waals surface area contributed by atoms with E-state index in [0.29, 0.717) is 23.7 Å². The Balaban J connectivity index is 2.36. The third-order valence-corrected chi connectivity index (χ3v) is 3.34. The highest BCUT2D eigenvalue weighted by molar-refractivity contribution is 6.30. The molecular weight excluding hydrogens is 292 g/mol. The largest absolute Gasteiger partial charge is 0.495 e. The van der Waals surface area contributed by atoms with Crippen molar-refractivity contribution in [2.24, 2.45) is 5.92 Å². The van der Waals surface area contributed by atoms with Crippen LogP contribution in [0.25, 0.3) is 0 Å². The maximum Gasteiger partial charge on any atom is 0.221 e. The quantitative estimate of drug-likeness (QED) is 0.688. The van der Waals surface area contributed by atoms with Gasteiger partial charge in [-0.1, -0.05) is 25.4 Å². The minimum Gasteiger partial charge on any atom is -0.495 e. The van der Waals surface area contributed by atoms with Gasteiger partial charge < -0.3 is 20.5 Å². The summed E-state index contributed by atoms with van der Waals surface area (Å²) in [4.78, 5) is 11.7. The SMILES string of the molecule is COc1ccc(Cl)cc1NCCC(=O)NCC(O)C(C)C. The predicted octanol–water partition coefficient (Wildman–Crippen LogP) is 2.28. The van der Waals surface area contributed by atoms with Crippen LogP contribution in [0.2, 0.25) is 5.02 Å². The first-order valence-corrected chi connectivity index (χ1v) is 7.34. The van der Waals surface area contributed by atoms with Crippen LogP contribution in [0.1, 0.15) is 20.3 Å². The molecule has 0 aliphatic carbocycles. The van der Waals surface area contributed by atoms with Crippen LogP contribution in [-0.4, -0.2) is 37.3 Å². The van der Waals surface area contributed by atoms with Gasteiger partial charge in [-0.15, -0.1) is 0 Å². The molecule has 21 heavy (non-hydrogen) atoms. The normalized spacial score (nSPS) is 12.1. The van der Waals surface area contributed by atoms with Crippen LogP contribution in [0.5, 0.6) is 5.75 Å². The minimum absolute atomic E-state index is 0.108. The van der Waals surface area contributed by atoms with Crippen molar-refractivity contribution in [3.63, 3.8) is 0 Å². The van der Waals surface area contributed by atoms with Gasteiger partial charge in [-0.3, -0.25) is 4.79 Å². The van der Waals surface area contributed by atoms with Crippen molar-refractivity contribution in [3.05, 3.63) is 23.2 Å². The molecule has 0 saturated heterocycles. The number of aliphatic hydroxyl groups is 1. The average Bonchev–Trinajstić information content (AvgIpc) is 2.44. The molecule has 1 aromatic rings. The maximum absolute atomic E-state index is 11.7. The molecule has 1 aromatic carbocycles. The molecule has 118 valence electrons. The zero-order valence-electron chi connectivity index (χ0n) is 12.6. The number of carbonyl (C=O) groups excluding carboxylic acids is 1. The van der Waals surface area contributed by atoms with E-state index in [-0.39, 0.29) is 18.4 Å². The molecule has 0 fully saturated rings. The van der Waals surface area contributed by atoms with Gasteiger partial charge in [0.15, 0.2) is 0 Å². The van der Waals surface area contributed by atoms with E-state index < -0.39 is 6.10 Å². The van der Waals surface area contributed by atoms with Crippen LogP contribution in [0.15, 0.2) is 18.2 Å². The lowest BCUT2D eigenvalue weighted by Gasteiger charge is -2.15. The van der Waals surface area contributed by atoms with Gasteiger partial charge >= 0.3 is 0 Å². The average molecular weight is 315 g/mol. The van der Waals surface area contributed by atoms with E-state index in [1.165, 1.54) is 0 Å². The van der Waals surface area contributed by atoms with Gasteiger partial charge in [0.1, 0.15) is 5.75 Å².